The first-order valence-electron chi connectivity index (χ1n) is 4.10. The van der Waals surface area contributed by atoms with Crippen LogP contribution in [0.4, 0.5) is 0 Å². The summed E-state index contributed by atoms with van der Waals surface area (Å²) in [7, 11) is 0. The first-order chi connectivity index (χ1) is 5.74. The van der Waals surface area contributed by atoms with Crippen molar-refractivity contribution in [3.8, 4) is 0 Å². The molecule has 1 atom stereocenters. The van der Waals surface area contributed by atoms with Crippen LogP contribution in [0.1, 0.15) is 27.2 Å². The SMILES string of the molecule is C[C@@H](N)C(=O)NC(C)(C)CC(N)=O. The van der Waals surface area contributed by atoms with Crippen LogP contribution < -0.4 is 16.8 Å². The molecule has 0 saturated carbocycles. The van der Waals surface area contributed by atoms with Crippen molar-refractivity contribution in [1.29, 1.82) is 0 Å². The van der Waals surface area contributed by atoms with Crippen LogP contribution in [0, 0.1) is 0 Å². The molecule has 0 aliphatic carbocycles. The van der Waals surface area contributed by atoms with Crippen LogP contribution in [0.15, 0.2) is 0 Å². The van der Waals surface area contributed by atoms with Gasteiger partial charge in [0.1, 0.15) is 0 Å². The van der Waals surface area contributed by atoms with Gasteiger partial charge in [-0.3, -0.25) is 9.59 Å². The Morgan fingerprint density at radius 2 is 1.92 bits per heavy atom. The maximum absolute atomic E-state index is 11.2. The van der Waals surface area contributed by atoms with Crippen molar-refractivity contribution < 1.29 is 9.59 Å². The third-order valence-corrected chi connectivity index (χ3v) is 1.49. The zero-order valence-corrected chi connectivity index (χ0v) is 8.26. The molecule has 5 heteroatoms. The lowest BCUT2D eigenvalue weighted by atomic mass is 10.00. The van der Waals surface area contributed by atoms with Crippen molar-refractivity contribution in [1.82, 2.24) is 5.32 Å². The molecular weight excluding hydrogens is 170 g/mol. The van der Waals surface area contributed by atoms with Crippen molar-refractivity contribution >= 4 is 11.8 Å². The summed E-state index contributed by atoms with van der Waals surface area (Å²) in [5, 5.41) is 2.62. The van der Waals surface area contributed by atoms with Gasteiger partial charge in [-0.1, -0.05) is 0 Å². The first-order valence-corrected chi connectivity index (χ1v) is 4.10. The van der Waals surface area contributed by atoms with Gasteiger partial charge in [0.15, 0.2) is 0 Å². The largest absolute Gasteiger partial charge is 0.370 e. The summed E-state index contributed by atoms with van der Waals surface area (Å²) in [6.45, 7) is 5.02. The molecule has 0 unspecified atom stereocenters. The molecule has 0 aliphatic rings. The highest BCUT2D eigenvalue weighted by molar-refractivity contribution is 5.83. The average molecular weight is 187 g/mol. The van der Waals surface area contributed by atoms with Crippen molar-refractivity contribution in [3.63, 3.8) is 0 Å². The second-order valence-electron chi connectivity index (χ2n) is 3.80. The number of carbonyl (C=O) groups excluding carboxylic acids is 2. The summed E-state index contributed by atoms with van der Waals surface area (Å²) < 4.78 is 0. The highest BCUT2D eigenvalue weighted by Crippen LogP contribution is 2.07. The lowest BCUT2D eigenvalue weighted by Gasteiger charge is -2.25. The van der Waals surface area contributed by atoms with Gasteiger partial charge in [0.25, 0.3) is 0 Å². The van der Waals surface area contributed by atoms with Crippen molar-refractivity contribution in [3.05, 3.63) is 0 Å². The molecule has 13 heavy (non-hydrogen) atoms. The summed E-state index contributed by atoms with van der Waals surface area (Å²) in [6, 6.07) is -0.577. The molecule has 0 rings (SSSR count). The van der Waals surface area contributed by atoms with Crippen LogP contribution >= 0.6 is 0 Å². The topological polar surface area (TPSA) is 98.2 Å². The number of primary amides is 1. The van der Waals surface area contributed by atoms with Crippen molar-refractivity contribution in [2.75, 3.05) is 0 Å². The molecule has 0 heterocycles. The predicted molar refractivity (Wildman–Crippen MR) is 49.7 cm³/mol. The van der Waals surface area contributed by atoms with E-state index in [0.717, 1.165) is 0 Å². The van der Waals surface area contributed by atoms with Crippen LogP contribution in [0.2, 0.25) is 0 Å². The lowest BCUT2D eigenvalue weighted by molar-refractivity contribution is -0.124. The summed E-state index contributed by atoms with van der Waals surface area (Å²) in [6.07, 6.45) is 0.103. The monoisotopic (exact) mass is 187 g/mol. The fourth-order valence-electron chi connectivity index (χ4n) is 0.927. The molecule has 0 fully saturated rings. The van der Waals surface area contributed by atoms with Crippen molar-refractivity contribution in [2.24, 2.45) is 11.5 Å². The molecular formula is C8H17N3O2. The summed E-state index contributed by atoms with van der Waals surface area (Å²) >= 11 is 0. The van der Waals surface area contributed by atoms with E-state index < -0.39 is 17.5 Å². The minimum absolute atomic E-state index is 0.103. The normalized spacial score (nSPS) is 13.5. The van der Waals surface area contributed by atoms with E-state index in [1.54, 1.807) is 20.8 Å². The molecule has 0 radical (unpaired) electrons. The Bertz CT molecular complexity index is 211. The number of rotatable bonds is 4. The summed E-state index contributed by atoms with van der Waals surface area (Å²) in [5.74, 6) is -0.735. The van der Waals surface area contributed by atoms with Gasteiger partial charge < -0.3 is 16.8 Å². The lowest BCUT2D eigenvalue weighted by Crippen LogP contribution is -2.51. The minimum atomic E-state index is -0.628. The van der Waals surface area contributed by atoms with E-state index in [9.17, 15) is 9.59 Å². The van der Waals surface area contributed by atoms with Crippen LogP contribution in [-0.2, 0) is 9.59 Å². The number of nitrogens with two attached hydrogens (primary N) is 2. The number of nitrogens with one attached hydrogen (secondary N) is 1. The van der Waals surface area contributed by atoms with E-state index in [4.69, 9.17) is 11.5 Å². The Labute approximate surface area is 77.8 Å². The number of hydrogen-bond acceptors (Lipinski definition) is 3. The minimum Gasteiger partial charge on any atom is -0.370 e. The highest BCUT2D eigenvalue weighted by atomic mass is 16.2. The van der Waals surface area contributed by atoms with Crippen LogP contribution in [0.5, 0.6) is 0 Å². The maximum Gasteiger partial charge on any atom is 0.237 e. The van der Waals surface area contributed by atoms with Crippen LogP contribution in [-0.4, -0.2) is 23.4 Å². The quantitative estimate of drug-likeness (QED) is 0.532. The van der Waals surface area contributed by atoms with Gasteiger partial charge in [-0.2, -0.15) is 0 Å². The Hall–Kier alpha value is -1.10. The fraction of sp³-hybridized carbons (Fsp3) is 0.750. The third kappa shape index (κ3) is 5.19. The van der Waals surface area contributed by atoms with Gasteiger partial charge in [0.05, 0.1) is 6.04 Å². The molecule has 2 amide bonds. The second-order valence-corrected chi connectivity index (χ2v) is 3.80. The van der Waals surface area contributed by atoms with Crippen LogP contribution in [0.3, 0.4) is 0 Å². The smallest absolute Gasteiger partial charge is 0.237 e. The maximum atomic E-state index is 11.2. The number of hydrogen-bond donors (Lipinski definition) is 3. The number of carbonyl (C=O) groups is 2. The zero-order valence-electron chi connectivity index (χ0n) is 8.26. The van der Waals surface area contributed by atoms with E-state index in [2.05, 4.69) is 5.32 Å². The van der Waals surface area contributed by atoms with Gasteiger partial charge in [-0.05, 0) is 20.8 Å². The van der Waals surface area contributed by atoms with Gasteiger partial charge >= 0.3 is 0 Å². The third-order valence-electron chi connectivity index (χ3n) is 1.49. The molecule has 0 saturated heterocycles. The van der Waals surface area contributed by atoms with Gasteiger partial charge in [0.2, 0.25) is 11.8 Å². The van der Waals surface area contributed by atoms with Gasteiger partial charge in [0, 0.05) is 12.0 Å². The van der Waals surface area contributed by atoms with Gasteiger partial charge in [-0.25, -0.2) is 0 Å². The first kappa shape index (κ1) is 11.9. The van der Waals surface area contributed by atoms with E-state index in [1.807, 2.05) is 0 Å². The Balaban J connectivity index is 4.16. The van der Waals surface area contributed by atoms with E-state index in [-0.39, 0.29) is 12.3 Å². The molecule has 0 aliphatic heterocycles. The van der Waals surface area contributed by atoms with E-state index >= 15 is 0 Å². The number of amides is 2. The summed E-state index contributed by atoms with van der Waals surface area (Å²) in [4.78, 5) is 21.8. The van der Waals surface area contributed by atoms with Crippen LogP contribution in [0.25, 0.3) is 0 Å². The second kappa shape index (κ2) is 4.23. The molecule has 76 valence electrons. The molecule has 5 nitrogen and oxygen atoms in total. The Morgan fingerprint density at radius 1 is 1.46 bits per heavy atom. The Kier molecular flexibility index (Phi) is 3.87. The molecule has 0 bridgehead atoms. The predicted octanol–water partition coefficient (Wildman–Crippen LogP) is -0.896. The summed E-state index contributed by atoms with van der Waals surface area (Å²) in [5.41, 5.74) is 9.73. The van der Waals surface area contributed by atoms with E-state index in [1.165, 1.54) is 0 Å². The standard InChI is InChI=1S/C8H17N3O2/c1-5(9)7(13)11-8(2,3)4-6(10)12/h5H,4,9H2,1-3H3,(H2,10,12)(H,11,13)/t5-/m1/s1. The molecule has 0 aromatic heterocycles. The van der Waals surface area contributed by atoms with Gasteiger partial charge in [-0.15, -0.1) is 0 Å². The molecule has 0 aromatic rings. The molecule has 0 aromatic carbocycles. The van der Waals surface area contributed by atoms with E-state index in [0.29, 0.717) is 0 Å². The van der Waals surface area contributed by atoms with Crippen molar-refractivity contribution in [2.45, 2.75) is 38.8 Å². The zero-order chi connectivity index (χ0) is 10.6. The molecule has 5 N–H and O–H groups in total. The fourth-order valence-corrected chi connectivity index (χ4v) is 0.927. The Morgan fingerprint density at radius 3 is 2.23 bits per heavy atom. The highest BCUT2D eigenvalue weighted by Gasteiger charge is 2.23. The molecule has 0 spiro atoms. The average Bonchev–Trinajstić information content (AvgIpc) is 1.81.